The predicted molar refractivity (Wildman–Crippen MR) is 122 cm³/mol. The molecule has 0 unspecified atom stereocenters. The van der Waals surface area contributed by atoms with Gasteiger partial charge in [0.05, 0.1) is 5.69 Å². The van der Waals surface area contributed by atoms with Crippen molar-refractivity contribution >= 4 is 16.7 Å². The Morgan fingerprint density at radius 3 is 2.29 bits per heavy atom. The molecule has 1 fully saturated rings. The number of nitrogens with zero attached hydrogens (tertiary/aromatic N) is 3. The second-order valence-corrected chi connectivity index (χ2v) is 6.47. The van der Waals surface area contributed by atoms with Crippen LogP contribution in [0, 0.1) is 5.92 Å². The Balaban J connectivity index is 0.000000660. The molecule has 1 saturated heterocycles. The zero-order valence-corrected chi connectivity index (χ0v) is 17.7. The van der Waals surface area contributed by atoms with Gasteiger partial charge in [-0.25, -0.2) is 9.97 Å². The van der Waals surface area contributed by atoms with Crippen molar-refractivity contribution in [3.05, 3.63) is 54.7 Å². The highest BCUT2D eigenvalue weighted by Crippen LogP contribution is 2.25. The quantitative estimate of drug-likeness (QED) is 0.651. The van der Waals surface area contributed by atoms with Crippen LogP contribution < -0.4 is 10.6 Å². The molecule has 0 amide bonds. The van der Waals surface area contributed by atoms with Crippen molar-refractivity contribution in [3.63, 3.8) is 0 Å². The number of nitrogens with two attached hydrogens (primary N) is 1. The van der Waals surface area contributed by atoms with Crippen molar-refractivity contribution in [2.24, 2.45) is 11.7 Å². The molecule has 2 N–H and O–H groups in total. The molecule has 0 aliphatic carbocycles. The summed E-state index contributed by atoms with van der Waals surface area (Å²) in [6.07, 6.45) is 4.11. The smallest absolute Gasteiger partial charge is 0.225 e. The minimum atomic E-state index is 0.643. The molecule has 4 heteroatoms. The van der Waals surface area contributed by atoms with E-state index in [1.165, 1.54) is 10.8 Å². The van der Waals surface area contributed by atoms with Gasteiger partial charge in [-0.15, -0.1) is 0 Å². The molecule has 0 spiro atoms. The molecular formula is C24H34N4. The number of benzene rings is 2. The Kier molecular flexibility index (Phi) is 8.89. The van der Waals surface area contributed by atoms with Gasteiger partial charge in [0.1, 0.15) is 0 Å². The fourth-order valence-corrected chi connectivity index (χ4v) is 3.38. The second kappa shape index (κ2) is 11.4. The van der Waals surface area contributed by atoms with Crippen LogP contribution >= 0.6 is 0 Å². The van der Waals surface area contributed by atoms with Crippen LogP contribution in [0.25, 0.3) is 22.0 Å². The van der Waals surface area contributed by atoms with E-state index < -0.39 is 0 Å². The van der Waals surface area contributed by atoms with Gasteiger partial charge < -0.3 is 10.6 Å². The van der Waals surface area contributed by atoms with Gasteiger partial charge in [0, 0.05) is 24.8 Å². The molecule has 1 aliphatic heterocycles. The summed E-state index contributed by atoms with van der Waals surface area (Å²) in [6, 6.07) is 16.9. The number of rotatable bonds is 3. The van der Waals surface area contributed by atoms with E-state index in [9.17, 15) is 0 Å². The van der Waals surface area contributed by atoms with Crippen molar-refractivity contribution < 1.29 is 0 Å². The van der Waals surface area contributed by atoms with Crippen molar-refractivity contribution in [2.75, 3.05) is 24.5 Å². The molecule has 0 bridgehead atoms. The number of piperidine rings is 1. The van der Waals surface area contributed by atoms with Crippen molar-refractivity contribution in [3.8, 4) is 11.3 Å². The monoisotopic (exact) mass is 378 g/mol. The topological polar surface area (TPSA) is 55.0 Å². The summed E-state index contributed by atoms with van der Waals surface area (Å²) in [5.41, 5.74) is 7.90. The molecule has 0 saturated carbocycles. The maximum atomic E-state index is 5.78. The summed E-state index contributed by atoms with van der Waals surface area (Å²) >= 11 is 0. The lowest BCUT2D eigenvalue weighted by Gasteiger charge is -2.31. The zero-order chi connectivity index (χ0) is 20.4. The lowest BCUT2D eigenvalue weighted by Crippen LogP contribution is -2.37. The van der Waals surface area contributed by atoms with Crippen LogP contribution in [0.3, 0.4) is 0 Å². The highest BCUT2D eigenvalue weighted by Gasteiger charge is 2.20. The third-order valence-electron chi connectivity index (χ3n) is 4.92. The molecular weight excluding hydrogens is 344 g/mol. The van der Waals surface area contributed by atoms with Gasteiger partial charge in [-0.05, 0) is 48.2 Å². The van der Waals surface area contributed by atoms with Crippen LogP contribution in [0.2, 0.25) is 0 Å². The molecule has 4 nitrogen and oxygen atoms in total. The van der Waals surface area contributed by atoms with Gasteiger partial charge in [0.25, 0.3) is 0 Å². The molecule has 0 atom stereocenters. The second-order valence-electron chi connectivity index (χ2n) is 6.47. The molecule has 28 heavy (non-hydrogen) atoms. The van der Waals surface area contributed by atoms with E-state index in [4.69, 9.17) is 10.7 Å². The van der Waals surface area contributed by atoms with Gasteiger partial charge in [-0.1, -0.05) is 64.1 Å². The largest absolute Gasteiger partial charge is 0.341 e. The number of hydrogen-bond donors (Lipinski definition) is 1. The lowest BCUT2D eigenvalue weighted by atomic mass is 9.97. The molecule has 4 rings (SSSR count). The first kappa shape index (κ1) is 21.8. The normalized spacial score (nSPS) is 14.0. The average Bonchev–Trinajstić information content (AvgIpc) is 2.81. The third-order valence-corrected chi connectivity index (χ3v) is 4.92. The highest BCUT2D eigenvalue weighted by atomic mass is 15.2. The van der Waals surface area contributed by atoms with E-state index in [1.807, 2.05) is 40.0 Å². The summed E-state index contributed by atoms with van der Waals surface area (Å²) in [7, 11) is 0. The number of aromatic nitrogens is 2. The van der Waals surface area contributed by atoms with Crippen LogP contribution in [0.1, 0.15) is 40.5 Å². The molecule has 2 heterocycles. The third kappa shape index (κ3) is 5.29. The minimum absolute atomic E-state index is 0.643. The first-order chi connectivity index (χ1) is 13.8. The molecule has 1 aliphatic rings. The molecule has 3 aromatic rings. The van der Waals surface area contributed by atoms with Gasteiger partial charge >= 0.3 is 0 Å². The SMILES string of the molecule is CC.CC.NCC1CCN(c2nccc(-c3ccc4ccccc4c3)n2)CC1. The van der Waals surface area contributed by atoms with Crippen LogP contribution in [-0.2, 0) is 0 Å². The summed E-state index contributed by atoms with van der Waals surface area (Å²) in [5.74, 6) is 1.47. The van der Waals surface area contributed by atoms with E-state index in [2.05, 4.69) is 52.3 Å². The zero-order valence-electron chi connectivity index (χ0n) is 17.7. The van der Waals surface area contributed by atoms with Gasteiger partial charge in [0.15, 0.2) is 0 Å². The van der Waals surface area contributed by atoms with E-state index in [0.29, 0.717) is 5.92 Å². The number of anilines is 1. The average molecular weight is 379 g/mol. The fraction of sp³-hybridized carbons (Fsp3) is 0.417. The summed E-state index contributed by atoms with van der Waals surface area (Å²) in [5, 5.41) is 2.48. The molecule has 1 aromatic heterocycles. The molecule has 0 radical (unpaired) electrons. The maximum absolute atomic E-state index is 5.78. The van der Waals surface area contributed by atoms with Crippen molar-refractivity contribution in [1.29, 1.82) is 0 Å². The van der Waals surface area contributed by atoms with Crippen LogP contribution in [0.4, 0.5) is 5.95 Å². The van der Waals surface area contributed by atoms with Crippen LogP contribution in [-0.4, -0.2) is 29.6 Å². The lowest BCUT2D eigenvalue weighted by molar-refractivity contribution is 0.411. The Morgan fingerprint density at radius 1 is 0.929 bits per heavy atom. The predicted octanol–water partition coefficient (Wildman–Crippen LogP) is 5.52. The van der Waals surface area contributed by atoms with Crippen LogP contribution in [0.5, 0.6) is 0 Å². The Bertz CT molecular complexity index is 839. The summed E-state index contributed by atoms with van der Waals surface area (Å²) in [4.78, 5) is 11.6. The highest BCUT2D eigenvalue weighted by molar-refractivity contribution is 5.86. The van der Waals surface area contributed by atoms with Crippen LogP contribution in [0.15, 0.2) is 54.7 Å². The molecule has 2 aromatic carbocycles. The fourth-order valence-electron chi connectivity index (χ4n) is 3.38. The van der Waals surface area contributed by atoms with E-state index >= 15 is 0 Å². The van der Waals surface area contributed by atoms with Gasteiger partial charge in [-0.3, -0.25) is 0 Å². The number of hydrogen-bond acceptors (Lipinski definition) is 4. The van der Waals surface area contributed by atoms with Crippen molar-refractivity contribution in [1.82, 2.24) is 9.97 Å². The first-order valence-corrected chi connectivity index (χ1v) is 10.6. The number of fused-ring (bicyclic) bond motifs is 1. The summed E-state index contributed by atoms with van der Waals surface area (Å²) < 4.78 is 0. The minimum Gasteiger partial charge on any atom is -0.341 e. The van der Waals surface area contributed by atoms with Gasteiger partial charge in [-0.2, -0.15) is 0 Å². The Hall–Kier alpha value is -2.46. The van der Waals surface area contributed by atoms with E-state index in [0.717, 1.165) is 49.7 Å². The maximum Gasteiger partial charge on any atom is 0.225 e. The standard InChI is InChI=1S/C20H22N4.2C2H6/c21-14-15-8-11-24(12-9-15)20-22-10-7-19(23-20)18-6-5-16-3-1-2-4-17(16)13-18;2*1-2/h1-7,10,13,15H,8-9,11-12,14,21H2;2*1-2H3. The van der Waals surface area contributed by atoms with Crippen molar-refractivity contribution in [2.45, 2.75) is 40.5 Å². The first-order valence-electron chi connectivity index (χ1n) is 10.6. The molecule has 150 valence electrons. The summed E-state index contributed by atoms with van der Waals surface area (Å²) in [6.45, 7) is 10.8. The van der Waals surface area contributed by atoms with Gasteiger partial charge in [0.2, 0.25) is 5.95 Å². The Labute approximate surface area is 169 Å². The van der Waals surface area contributed by atoms with E-state index in [-0.39, 0.29) is 0 Å². The Morgan fingerprint density at radius 2 is 1.61 bits per heavy atom. The van der Waals surface area contributed by atoms with E-state index in [1.54, 1.807) is 0 Å².